The van der Waals surface area contributed by atoms with Crippen molar-refractivity contribution < 1.29 is 4.79 Å². The topological polar surface area (TPSA) is 46.3 Å². The summed E-state index contributed by atoms with van der Waals surface area (Å²) in [7, 11) is 1.84. The molecule has 0 aliphatic carbocycles. The zero-order valence-corrected chi connectivity index (χ0v) is 13.0. The van der Waals surface area contributed by atoms with Crippen LogP contribution in [0.2, 0.25) is 0 Å². The van der Waals surface area contributed by atoms with Gasteiger partial charge >= 0.3 is 0 Å². The Morgan fingerprint density at radius 2 is 1.91 bits per heavy atom. The van der Waals surface area contributed by atoms with Crippen LogP contribution in [-0.4, -0.2) is 13.0 Å². The number of hydrogen-bond donors (Lipinski definition) is 1. The number of benzene rings is 2. The minimum absolute atomic E-state index is 0.0356. The van der Waals surface area contributed by atoms with Crippen LogP contribution in [0, 0.1) is 0 Å². The molecule has 1 aliphatic rings. The average Bonchev–Trinajstić information content (AvgIpc) is 2.56. The van der Waals surface area contributed by atoms with Crippen molar-refractivity contribution in [2.24, 2.45) is 5.73 Å². The number of aryl methyl sites for hydroxylation is 2. The van der Waals surface area contributed by atoms with E-state index in [9.17, 15) is 4.79 Å². The highest BCUT2D eigenvalue weighted by atomic mass is 16.2. The summed E-state index contributed by atoms with van der Waals surface area (Å²) in [6, 6.07) is 16.7. The summed E-state index contributed by atoms with van der Waals surface area (Å²) < 4.78 is 0. The van der Waals surface area contributed by atoms with Crippen molar-refractivity contribution in [1.29, 1.82) is 0 Å². The fourth-order valence-corrected chi connectivity index (χ4v) is 3.04. The number of anilines is 1. The largest absolute Gasteiger partial charge is 0.324 e. The van der Waals surface area contributed by atoms with Gasteiger partial charge in [0.1, 0.15) is 0 Å². The zero-order valence-electron chi connectivity index (χ0n) is 13.0. The molecule has 0 bridgehead atoms. The number of carbonyl (C=O) groups excluding carboxylic acids is 1. The maximum absolute atomic E-state index is 11.7. The maximum Gasteiger partial charge on any atom is 0.227 e. The summed E-state index contributed by atoms with van der Waals surface area (Å²) in [5.41, 5.74) is 11.1. The summed E-state index contributed by atoms with van der Waals surface area (Å²) in [6.45, 7) is 0. The van der Waals surface area contributed by atoms with Crippen molar-refractivity contribution in [3.8, 4) is 0 Å². The second-order valence-electron chi connectivity index (χ2n) is 5.97. The van der Waals surface area contributed by atoms with E-state index < -0.39 is 0 Å². The van der Waals surface area contributed by atoms with Crippen LogP contribution >= 0.6 is 0 Å². The van der Waals surface area contributed by atoms with Gasteiger partial charge in [-0.05, 0) is 42.0 Å². The number of amides is 1. The Morgan fingerprint density at radius 1 is 1.14 bits per heavy atom. The lowest BCUT2D eigenvalue weighted by Gasteiger charge is -2.27. The highest BCUT2D eigenvalue weighted by Gasteiger charge is 2.21. The van der Waals surface area contributed by atoms with Gasteiger partial charge in [0.05, 0.1) is 0 Å². The number of rotatable bonds is 4. The van der Waals surface area contributed by atoms with Crippen LogP contribution < -0.4 is 10.6 Å². The number of nitrogens with two attached hydrogens (primary N) is 1. The minimum Gasteiger partial charge on any atom is -0.324 e. The molecule has 0 spiro atoms. The zero-order chi connectivity index (χ0) is 15.5. The standard InChI is InChI=1S/C19H22N2O/c1-21-18-11-8-15(13-16(18)9-12-19(21)22)17(20)10-7-14-5-3-2-4-6-14/h2-6,8,11,13,17H,7,9-10,12,20H2,1H3. The molecule has 3 heteroatoms. The monoisotopic (exact) mass is 294 g/mol. The van der Waals surface area contributed by atoms with E-state index in [1.807, 2.05) is 19.2 Å². The van der Waals surface area contributed by atoms with Gasteiger partial charge in [0.2, 0.25) is 5.91 Å². The van der Waals surface area contributed by atoms with Gasteiger partial charge in [0.15, 0.2) is 0 Å². The number of carbonyl (C=O) groups is 1. The first-order valence-corrected chi connectivity index (χ1v) is 7.84. The average molecular weight is 294 g/mol. The molecular weight excluding hydrogens is 272 g/mol. The SMILES string of the molecule is CN1C(=O)CCc2cc(C(N)CCc3ccccc3)ccc21. The molecule has 2 aromatic carbocycles. The lowest BCUT2D eigenvalue weighted by Crippen LogP contribution is -2.31. The molecule has 3 rings (SSSR count). The first-order chi connectivity index (χ1) is 10.6. The van der Waals surface area contributed by atoms with Gasteiger partial charge in [0.25, 0.3) is 0 Å². The Morgan fingerprint density at radius 3 is 2.68 bits per heavy atom. The van der Waals surface area contributed by atoms with Crippen molar-refractivity contribution in [3.05, 3.63) is 65.2 Å². The highest BCUT2D eigenvalue weighted by Crippen LogP contribution is 2.29. The summed E-state index contributed by atoms with van der Waals surface area (Å²) in [6.07, 6.45) is 3.32. The Hall–Kier alpha value is -2.13. The van der Waals surface area contributed by atoms with Crippen LogP contribution in [-0.2, 0) is 17.6 Å². The van der Waals surface area contributed by atoms with Crippen molar-refractivity contribution in [3.63, 3.8) is 0 Å². The molecule has 1 aliphatic heterocycles. The van der Waals surface area contributed by atoms with E-state index in [1.54, 1.807) is 4.90 Å². The molecule has 3 nitrogen and oxygen atoms in total. The lowest BCUT2D eigenvalue weighted by molar-refractivity contribution is -0.118. The van der Waals surface area contributed by atoms with E-state index >= 15 is 0 Å². The summed E-state index contributed by atoms with van der Waals surface area (Å²) in [5.74, 6) is 0.189. The van der Waals surface area contributed by atoms with Crippen molar-refractivity contribution in [2.45, 2.75) is 31.7 Å². The number of nitrogens with zero attached hydrogens (tertiary/aromatic N) is 1. The molecule has 1 heterocycles. The molecule has 0 radical (unpaired) electrons. The van der Waals surface area contributed by atoms with Crippen LogP contribution in [0.1, 0.15) is 35.6 Å². The van der Waals surface area contributed by atoms with E-state index in [0.29, 0.717) is 6.42 Å². The quantitative estimate of drug-likeness (QED) is 0.941. The Kier molecular flexibility index (Phi) is 4.25. The second kappa shape index (κ2) is 6.32. The third kappa shape index (κ3) is 3.04. The van der Waals surface area contributed by atoms with Crippen molar-refractivity contribution in [2.75, 3.05) is 11.9 Å². The third-order valence-corrected chi connectivity index (χ3v) is 4.46. The van der Waals surface area contributed by atoms with Crippen LogP contribution in [0.5, 0.6) is 0 Å². The number of hydrogen-bond acceptors (Lipinski definition) is 2. The molecule has 2 N–H and O–H groups in total. The Balaban J connectivity index is 1.71. The minimum atomic E-state index is 0.0356. The third-order valence-electron chi connectivity index (χ3n) is 4.46. The molecular formula is C19H22N2O. The van der Waals surface area contributed by atoms with Crippen LogP contribution in [0.25, 0.3) is 0 Å². The predicted molar refractivity (Wildman–Crippen MR) is 89.9 cm³/mol. The van der Waals surface area contributed by atoms with Gasteiger partial charge in [-0.3, -0.25) is 4.79 Å². The molecule has 0 saturated heterocycles. The molecule has 0 fully saturated rings. The number of fused-ring (bicyclic) bond motifs is 1. The Bertz CT molecular complexity index is 666. The molecule has 0 aromatic heterocycles. The van der Waals surface area contributed by atoms with E-state index in [4.69, 9.17) is 5.73 Å². The molecule has 2 aromatic rings. The van der Waals surface area contributed by atoms with Crippen LogP contribution in [0.3, 0.4) is 0 Å². The lowest BCUT2D eigenvalue weighted by atomic mass is 9.94. The van der Waals surface area contributed by atoms with E-state index in [2.05, 4.69) is 36.4 Å². The normalized spacial score (nSPS) is 15.5. The van der Waals surface area contributed by atoms with E-state index in [0.717, 1.165) is 30.5 Å². The Labute approximate surface area is 131 Å². The fourth-order valence-electron chi connectivity index (χ4n) is 3.04. The first kappa shape index (κ1) is 14.8. The van der Waals surface area contributed by atoms with Crippen molar-refractivity contribution in [1.82, 2.24) is 0 Å². The van der Waals surface area contributed by atoms with Gasteiger partial charge in [-0.2, -0.15) is 0 Å². The summed E-state index contributed by atoms with van der Waals surface area (Å²) in [5, 5.41) is 0. The summed E-state index contributed by atoms with van der Waals surface area (Å²) >= 11 is 0. The van der Waals surface area contributed by atoms with Gasteiger partial charge in [0, 0.05) is 25.2 Å². The molecule has 1 amide bonds. The molecule has 1 atom stereocenters. The first-order valence-electron chi connectivity index (χ1n) is 7.84. The van der Waals surface area contributed by atoms with E-state index in [-0.39, 0.29) is 11.9 Å². The van der Waals surface area contributed by atoms with Crippen LogP contribution in [0.15, 0.2) is 48.5 Å². The molecule has 22 heavy (non-hydrogen) atoms. The maximum atomic E-state index is 11.7. The van der Waals surface area contributed by atoms with Crippen LogP contribution in [0.4, 0.5) is 5.69 Å². The van der Waals surface area contributed by atoms with Gasteiger partial charge in [-0.15, -0.1) is 0 Å². The molecule has 0 saturated carbocycles. The second-order valence-corrected chi connectivity index (χ2v) is 5.97. The predicted octanol–water partition coefficient (Wildman–Crippen LogP) is 3.23. The van der Waals surface area contributed by atoms with Gasteiger partial charge in [-0.1, -0.05) is 42.5 Å². The molecule has 114 valence electrons. The van der Waals surface area contributed by atoms with Gasteiger partial charge in [-0.25, -0.2) is 0 Å². The smallest absolute Gasteiger partial charge is 0.227 e. The fraction of sp³-hybridized carbons (Fsp3) is 0.316. The molecule has 1 unspecified atom stereocenters. The highest BCUT2D eigenvalue weighted by molar-refractivity contribution is 5.95. The van der Waals surface area contributed by atoms with Crippen molar-refractivity contribution >= 4 is 11.6 Å². The van der Waals surface area contributed by atoms with E-state index in [1.165, 1.54) is 11.1 Å². The van der Waals surface area contributed by atoms with Gasteiger partial charge < -0.3 is 10.6 Å². The summed E-state index contributed by atoms with van der Waals surface area (Å²) in [4.78, 5) is 13.5.